The number of aromatic carboxylic acids is 1. The molecule has 0 unspecified atom stereocenters. The van der Waals surface area contributed by atoms with Crippen LogP contribution in [0.25, 0.3) is 0 Å². The lowest BCUT2D eigenvalue weighted by Gasteiger charge is -2.23. The maximum absolute atomic E-state index is 12.4. The number of hydrogen-bond donors (Lipinski definition) is 1. The zero-order chi connectivity index (χ0) is 14.8. The maximum atomic E-state index is 12.4. The van der Waals surface area contributed by atoms with E-state index in [1.807, 2.05) is 0 Å². The van der Waals surface area contributed by atoms with E-state index in [4.69, 9.17) is 16.7 Å². The van der Waals surface area contributed by atoms with Crippen LogP contribution in [0.4, 0.5) is 18.9 Å². The predicted octanol–water partition coefficient (Wildman–Crippen LogP) is 2.95. The Hall–Kier alpha value is -1.76. The van der Waals surface area contributed by atoms with Crippen LogP contribution in [0.15, 0.2) is 18.2 Å². The van der Waals surface area contributed by atoms with Gasteiger partial charge in [-0.05, 0) is 25.1 Å². The molecule has 0 aromatic heterocycles. The second kappa shape index (κ2) is 5.48. The lowest BCUT2D eigenvalue weighted by Crippen LogP contribution is -2.41. The van der Waals surface area contributed by atoms with E-state index in [1.54, 1.807) is 0 Å². The third-order valence-corrected chi connectivity index (χ3v) is 2.52. The molecule has 0 atom stereocenters. The third-order valence-electron chi connectivity index (χ3n) is 2.28. The van der Waals surface area contributed by atoms with E-state index >= 15 is 0 Å². The van der Waals surface area contributed by atoms with E-state index in [1.165, 1.54) is 13.0 Å². The molecule has 0 radical (unpaired) electrons. The van der Waals surface area contributed by atoms with Gasteiger partial charge in [0.05, 0.1) is 11.3 Å². The fourth-order valence-electron chi connectivity index (χ4n) is 1.49. The fraction of sp³-hybridized carbons (Fsp3) is 0.273. The number of rotatable bonds is 3. The molecule has 104 valence electrons. The highest BCUT2D eigenvalue weighted by atomic mass is 35.5. The first-order valence-electron chi connectivity index (χ1n) is 5.10. The number of carboxylic acid groups (broad SMARTS) is 1. The number of carboxylic acids is 1. The van der Waals surface area contributed by atoms with Crippen LogP contribution in [-0.4, -0.2) is 29.7 Å². The van der Waals surface area contributed by atoms with Crippen molar-refractivity contribution in [2.45, 2.75) is 13.1 Å². The van der Waals surface area contributed by atoms with Gasteiger partial charge in [0.15, 0.2) is 0 Å². The molecule has 0 spiro atoms. The first kappa shape index (κ1) is 15.3. The van der Waals surface area contributed by atoms with Crippen molar-refractivity contribution in [3.8, 4) is 0 Å². The van der Waals surface area contributed by atoms with E-state index in [9.17, 15) is 22.8 Å². The van der Waals surface area contributed by atoms with Gasteiger partial charge in [0.2, 0.25) is 0 Å². The molecular weight excluding hydrogens is 287 g/mol. The molecule has 0 aliphatic rings. The van der Waals surface area contributed by atoms with Crippen molar-refractivity contribution < 1.29 is 27.9 Å². The number of nitrogens with zero attached hydrogens (tertiary/aromatic N) is 1. The van der Waals surface area contributed by atoms with E-state index in [2.05, 4.69) is 0 Å². The summed E-state index contributed by atoms with van der Waals surface area (Å²) >= 11 is 5.59. The molecule has 8 heteroatoms. The van der Waals surface area contributed by atoms with Crippen LogP contribution < -0.4 is 4.90 Å². The average molecular weight is 296 g/mol. The normalized spacial score (nSPS) is 11.2. The molecule has 0 saturated heterocycles. The Labute approximate surface area is 111 Å². The summed E-state index contributed by atoms with van der Waals surface area (Å²) in [5.41, 5.74) is -0.811. The van der Waals surface area contributed by atoms with Crippen LogP contribution in [0, 0.1) is 0 Å². The average Bonchev–Trinajstić information content (AvgIpc) is 2.30. The summed E-state index contributed by atoms with van der Waals surface area (Å²) in [5.74, 6) is -3.59. The van der Waals surface area contributed by atoms with Gasteiger partial charge in [0.1, 0.15) is 0 Å². The van der Waals surface area contributed by atoms with Gasteiger partial charge in [-0.1, -0.05) is 11.6 Å². The molecule has 1 aromatic carbocycles. The Bertz CT molecular complexity index is 516. The summed E-state index contributed by atoms with van der Waals surface area (Å²) in [6.07, 6.45) is -5.08. The molecule has 0 aliphatic carbocycles. The first-order chi connectivity index (χ1) is 8.68. The molecule has 19 heavy (non-hydrogen) atoms. The molecule has 0 aliphatic heterocycles. The molecule has 1 aromatic rings. The van der Waals surface area contributed by atoms with Gasteiger partial charge >= 0.3 is 18.1 Å². The number of carbonyl (C=O) groups is 2. The molecule has 1 rings (SSSR count). The third kappa shape index (κ3) is 3.37. The SMILES string of the molecule is CCN(C(=O)C(F)(F)F)c1ccc(Cl)cc1C(=O)O. The number of carbonyl (C=O) groups excluding carboxylic acids is 1. The van der Waals surface area contributed by atoms with Crippen molar-refractivity contribution in [1.29, 1.82) is 0 Å². The standard InChI is InChI=1S/C11H9ClF3NO3/c1-2-16(10(19)11(13,14)15)8-4-3-6(12)5-7(8)9(17)18/h3-5H,2H2,1H3,(H,17,18). The molecule has 1 amide bonds. The second-order valence-corrected chi connectivity index (χ2v) is 3.95. The molecule has 0 saturated carbocycles. The molecule has 0 bridgehead atoms. The Morgan fingerprint density at radius 2 is 1.95 bits per heavy atom. The maximum Gasteiger partial charge on any atom is 0.471 e. The van der Waals surface area contributed by atoms with E-state index in [0.717, 1.165) is 12.1 Å². The van der Waals surface area contributed by atoms with Crippen molar-refractivity contribution in [3.63, 3.8) is 0 Å². The minimum Gasteiger partial charge on any atom is -0.478 e. The topological polar surface area (TPSA) is 57.6 Å². The van der Waals surface area contributed by atoms with Gasteiger partial charge < -0.3 is 10.0 Å². The zero-order valence-corrected chi connectivity index (χ0v) is 10.4. The van der Waals surface area contributed by atoms with Gasteiger partial charge in [-0.15, -0.1) is 0 Å². The Morgan fingerprint density at radius 3 is 2.37 bits per heavy atom. The molecule has 4 nitrogen and oxygen atoms in total. The molecule has 0 heterocycles. The Kier molecular flexibility index (Phi) is 4.41. The van der Waals surface area contributed by atoms with Crippen LogP contribution in [0.2, 0.25) is 5.02 Å². The Morgan fingerprint density at radius 1 is 1.37 bits per heavy atom. The van der Waals surface area contributed by atoms with E-state index in [-0.39, 0.29) is 17.3 Å². The highest BCUT2D eigenvalue weighted by Crippen LogP contribution is 2.28. The van der Waals surface area contributed by atoms with Gasteiger partial charge in [0, 0.05) is 11.6 Å². The van der Waals surface area contributed by atoms with Crippen LogP contribution in [0.5, 0.6) is 0 Å². The quantitative estimate of drug-likeness (QED) is 0.932. The smallest absolute Gasteiger partial charge is 0.471 e. The lowest BCUT2D eigenvalue weighted by atomic mass is 10.1. The minimum absolute atomic E-state index is 0.0525. The summed E-state index contributed by atoms with van der Waals surface area (Å²) in [6.45, 7) is 0.990. The molecular formula is C11H9ClF3NO3. The number of amides is 1. The van der Waals surface area contributed by atoms with Crippen molar-refractivity contribution in [2.75, 3.05) is 11.4 Å². The highest BCUT2D eigenvalue weighted by molar-refractivity contribution is 6.31. The van der Waals surface area contributed by atoms with Crippen molar-refractivity contribution in [1.82, 2.24) is 0 Å². The summed E-state index contributed by atoms with van der Waals surface area (Å²) in [7, 11) is 0. The largest absolute Gasteiger partial charge is 0.478 e. The van der Waals surface area contributed by atoms with Crippen molar-refractivity contribution in [2.24, 2.45) is 0 Å². The summed E-state index contributed by atoms with van der Waals surface area (Å²) in [5, 5.41) is 8.99. The number of benzene rings is 1. The highest BCUT2D eigenvalue weighted by Gasteiger charge is 2.43. The van der Waals surface area contributed by atoms with Gasteiger partial charge in [-0.3, -0.25) is 4.79 Å². The van der Waals surface area contributed by atoms with Crippen LogP contribution in [0.3, 0.4) is 0 Å². The van der Waals surface area contributed by atoms with Crippen LogP contribution in [-0.2, 0) is 4.79 Å². The number of anilines is 1. The monoisotopic (exact) mass is 295 g/mol. The summed E-state index contributed by atoms with van der Waals surface area (Å²) in [6, 6.07) is 3.28. The minimum atomic E-state index is -5.08. The zero-order valence-electron chi connectivity index (χ0n) is 9.66. The van der Waals surface area contributed by atoms with Gasteiger partial charge in [-0.2, -0.15) is 13.2 Å². The predicted molar refractivity (Wildman–Crippen MR) is 62.5 cm³/mol. The van der Waals surface area contributed by atoms with Crippen LogP contribution in [0.1, 0.15) is 17.3 Å². The van der Waals surface area contributed by atoms with Gasteiger partial charge in [-0.25, -0.2) is 4.79 Å². The van der Waals surface area contributed by atoms with Crippen molar-refractivity contribution >= 4 is 29.2 Å². The Balaban J connectivity index is 3.34. The summed E-state index contributed by atoms with van der Waals surface area (Å²) < 4.78 is 37.3. The van der Waals surface area contributed by atoms with E-state index < -0.39 is 23.6 Å². The number of hydrogen-bond acceptors (Lipinski definition) is 2. The molecule has 1 N–H and O–H groups in total. The van der Waals surface area contributed by atoms with Gasteiger partial charge in [0.25, 0.3) is 0 Å². The second-order valence-electron chi connectivity index (χ2n) is 3.51. The lowest BCUT2D eigenvalue weighted by molar-refractivity contribution is -0.170. The van der Waals surface area contributed by atoms with Crippen molar-refractivity contribution in [3.05, 3.63) is 28.8 Å². The van der Waals surface area contributed by atoms with Crippen LogP contribution >= 0.6 is 11.6 Å². The fourth-order valence-corrected chi connectivity index (χ4v) is 1.66. The first-order valence-corrected chi connectivity index (χ1v) is 5.47. The molecule has 0 fully saturated rings. The van der Waals surface area contributed by atoms with E-state index in [0.29, 0.717) is 4.90 Å². The number of alkyl halides is 3. The summed E-state index contributed by atoms with van der Waals surface area (Å²) in [4.78, 5) is 22.6. The number of halogens is 4.